The number of imide groups is 1. The highest BCUT2D eigenvalue weighted by Gasteiger charge is 2.53. The maximum atomic E-state index is 14.6. The number of aromatic nitrogens is 3. The summed E-state index contributed by atoms with van der Waals surface area (Å²) in [6, 6.07) is 11.1. The third-order valence-electron chi connectivity index (χ3n) is 14.2. The first-order valence-electron chi connectivity index (χ1n) is 21.1. The molecule has 8 heterocycles. The number of hydrogen-bond acceptors (Lipinski definition) is 10. The second kappa shape index (κ2) is 13.4. The predicted octanol–water partition coefficient (Wildman–Crippen LogP) is 4.51. The maximum Gasteiger partial charge on any atom is 0.257 e. The number of carbonyl (C=O) groups is 3. The first kappa shape index (κ1) is 36.9. The quantitative estimate of drug-likeness (QED) is 0.258. The number of fused-ring (bicyclic) bond motifs is 8. The van der Waals surface area contributed by atoms with Gasteiger partial charge in [0.05, 0.1) is 30.9 Å². The van der Waals surface area contributed by atoms with Crippen molar-refractivity contribution in [2.24, 2.45) is 11.3 Å². The van der Waals surface area contributed by atoms with Crippen LogP contribution >= 0.6 is 0 Å². The molecule has 2 aromatic carbocycles. The van der Waals surface area contributed by atoms with Crippen LogP contribution in [0, 0.1) is 11.3 Å². The molecular weight excluding hydrogens is 757 g/mol. The number of hydrogen-bond donors (Lipinski definition) is 2. The highest BCUT2D eigenvalue weighted by Crippen LogP contribution is 2.53. The number of piperazine rings is 1. The van der Waals surface area contributed by atoms with E-state index in [-0.39, 0.29) is 36.9 Å². The number of rotatable bonds is 7. The Kier molecular flexibility index (Phi) is 8.40. The molecule has 0 bridgehead atoms. The molecule has 13 nitrogen and oxygen atoms in total. The van der Waals surface area contributed by atoms with Gasteiger partial charge >= 0.3 is 0 Å². The van der Waals surface area contributed by atoms with Crippen molar-refractivity contribution in [3.05, 3.63) is 76.7 Å². The van der Waals surface area contributed by atoms with E-state index in [0.29, 0.717) is 48.8 Å². The van der Waals surface area contributed by atoms with Crippen molar-refractivity contribution >= 4 is 40.3 Å². The number of ether oxygens (including phenoxy) is 1. The number of nitrogens with one attached hydrogen (secondary N) is 2. The number of anilines is 2. The molecule has 59 heavy (non-hydrogen) atoms. The molecule has 4 atom stereocenters. The van der Waals surface area contributed by atoms with Gasteiger partial charge in [-0.05, 0) is 62.3 Å². The van der Waals surface area contributed by atoms with Gasteiger partial charge in [-0.3, -0.25) is 29.5 Å². The lowest BCUT2D eigenvalue weighted by molar-refractivity contribution is -0.136. The van der Waals surface area contributed by atoms with E-state index in [0.717, 1.165) is 85.4 Å². The van der Waals surface area contributed by atoms with E-state index < -0.39 is 23.9 Å². The fourth-order valence-corrected chi connectivity index (χ4v) is 11.6. The van der Waals surface area contributed by atoms with Gasteiger partial charge < -0.3 is 24.4 Å². The Morgan fingerprint density at radius 3 is 2.58 bits per heavy atom. The molecule has 1 saturated carbocycles. The van der Waals surface area contributed by atoms with Crippen molar-refractivity contribution in [2.75, 3.05) is 62.2 Å². The van der Waals surface area contributed by atoms with E-state index in [2.05, 4.69) is 31.1 Å². The standard InChI is InChI=1S/C44H49F2N9O4/c1-25-13-31-29-5-3-4-6-33(29)49-37(31)38(55(25)22-43(2,45)46)27-16-47-42(48-17-27)52-23-44(24-52)14-26(15-44)18-51-11-12-53-28(19-51)21-59-39-32-20-54(35-9-10-36(56)50-40(35)57)41(58)30(32)7-8-34(39)53/h3-8,16-17,25-26,28,35,38,49H,9-15,18-24H2,1-2H3,(H,50,56,57)/t25?,28-,35?,38-/m1/s1. The molecule has 4 aromatic rings. The highest BCUT2D eigenvalue weighted by atomic mass is 19.3. The number of nitrogens with zero attached hydrogens (tertiary/aromatic N) is 7. The number of aromatic amines is 1. The molecule has 6 aliphatic heterocycles. The summed E-state index contributed by atoms with van der Waals surface area (Å²) in [6.07, 6.45) is 7.30. The lowest BCUT2D eigenvalue weighted by atomic mass is 9.57. The van der Waals surface area contributed by atoms with Crippen molar-refractivity contribution in [3.8, 4) is 5.75 Å². The molecule has 1 spiro atoms. The average Bonchev–Trinajstić information content (AvgIpc) is 3.72. The Balaban J connectivity index is 0.702. The monoisotopic (exact) mass is 805 g/mol. The topological polar surface area (TPSA) is 130 Å². The zero-order chi connectivity index (χ0) is 40.4. The van der Waals surface area contributed by atoms with E-state index in [1.54, 1.807) is 4.90 Å². The number of benzene rings is 2. The first-order chi connectivity index (χ1) is 28.4. The largest absolute Gasteiger partial charge is 0.489 e. The van der Waals surface area contributed by atoms with Gasteiger partial charge in [0.15, 0.2) is 0 Å². The van der Waals surface area contributed by atoms with E-state index in [1.807, 2.05) is 54.5 Å². The predicted molar refractivity (Wildman–Crippen MR) is 216 cm³/mol. The van der Waals surface area contributed by atoms with Crippen LogP contribution in [0.25, 0.3) is 10.9 Å². The molecule has 308 valence electrons. The van der Waals surface area contributed by atoms with Crippen LogP contribution < -0.4 is 19.9 Å². The summed E-state index contributed by atoms with van der Waals surface area (Å²) in [7, 11) is 0. The summed E-state index contributed by atoms with van der Waals surface area (Å²) in [6.45, 7) is 9.20. The fraction of sp³-hybridized carbons (Fsp3) is 0.523. The van der Waals surface area contributed by atoms with E-state index in [4.69, 9.17) is 14.7 Å². The van der Waals surface area contributed by atoms with E-state index >= 15 is 0 Å². The van der Waals surface area contributed by atoms with Gasteiger partial charge in [0.25, 0.3) is 11.8 Å². The van der Waals surface area contributed by atoms with Gasteiger partial charge in [-0.1, -0.05) is 18.2 Å². The Morgan fingerprint density at radius 1 is 1.00 bits per heavy atom. The summed E-state index contributed by atoms with van der Waals surface area (Å²) in [5, 5.41) is 3.52. The van der Waals surface area contributed by atoms with Crippen molar-refractivity contribution in [3.63, 3.8) is 0 Å². The number of para-hydroxylation sites is 1. The van der Waals surface area contributed by atoms with Crippen molar-refractivity contribution < 1.29 is 27.9 Å². The van der Waals surface area contributed by atoms with Crippen LogP contribution in [0.2, 0.25) is 0 Å². The molecule has 3 saturated heterocycles. The lowest BCUT2D eigenvalue weighted by Crippen LogP contribution is -2.65. The average molecular weight is 806 g/mol. The number of carbonyl (C=O) groups excluding carboxylic acids is 3. The Hall–Kier alpha value is -5.15. The van der Waals surface area contributed by atoms with E-state index in [9.17, 15) is 23.2 Å². The smallest absolute Gasteiger partial charge is 0.257 e. The minimum atomic E-state index is -2.84. The van der Waals surface area contributed by atoms with Crippen molar-refractivity contribution in [1.82, 2.24) is 35.0 Å². The molecule has 2 N–H and O–H groups in total. The van der Waals surface area contributed by atoms with Crippen LogP contribution in [-0.4, -0.2) is 124 Å². The van der Waals surface area contributed by atoms with Gasteiger partial charge in [-0.25, -0.2) is 18.7 Å². The summed E-state index contributed by atoms with van der Waals surface area (Å²) in [4.78, 5) is 61.6. The summed E-state index contributed by atoms with van der Waals surface area (Å²) >= 11 is 0. The third-order valence-corrected chi connectivity index (χ3v) is 14.2. The molecular formula is C44H49F2N9O4. The lowest BCUT2D eigenvalue weighted by Gasteiger charge is -2.60. The zero-order valence-corrected chi connectivity index (χ0v) is 33.4. The highest BCUT2D eigenvalue weighted by molar-refractivity contribution is 6.06. The molecule has 15 heteroatoms. The molecule has 3 amide bonds. The van der Waals surface area contributed by atoms with Crippen LogP contribution in [0.4, 0.5) is 20.4 Å². The summed E-state index contributed by atoms with van der Waals surface area (Å²) < 4.78 is 35.5. The minimum Gasteiger partial charge on any atom is -0.489 e. The van der Waals surface area contributed by atoms with E-state index in [1.165, 1.54) is 18.4 Å². The Bertz CT molecular complexity index is 2370. The van der Waals surface area contributed by atoms with Gasteiger partial charge in [-0.15, -0.1) is 0 Å². The Morgan fingerprint density at radius 2 is 1.80 bits per heavy atom. The molecule has 0 radical (unpaired) electrons. The first-order valence-corrected chi connectivity index (χ1v) is 21.1. The maximum absolute atomic E-state index is 14.6. The van der Waals surface area contributed by atoms with Gasteiger partial charge in [0, 0.05) is 110 Å². The molecule has 1 aliphatic carbocycles. The van der Waals surface area contributed by atoms with Crippen LogP contribution in [0.15, 0.2) is 48.8 Å². The number of amides is 3. The summed E-state index contributed by atoms with van der Waals surface area (Å²) in [5.74, 6) is -1.65. The number of halogens is 2. The number of alkyl halides is 2. The second-order valence-electron chi connectivity index (χ2n) is 18.5. The summed E-state index contributed by atoms with van der Waals surface area (Å²) in [5.41, 5.74) is 6.70. The van der Waals surface area contributed by atoms with Crippen molar-refractivity contribution in [1.29, 1.82) is 0 Å². The van der Waals surface area contributed by atoms with Crippen LogP contribution in [0.5, 0.6) is 5.75 Å². The fourth-order valence-electron chi connectivity index (χ4n) is 11.6. The minimum absolute atomic E-state index is 0.0776. The van der Waals surface area contributed by atoms with Crippen LogP contribution in [-0.2, 0) is 22.6 Å². The molecule has 4 fully saturated rings. The van der Waals surface area contributed by atoms with Crippen LogP contribution in [0.1, 0.15) is 78.3 Å². The van der Waals surface area contributed by atoms with Crippen molar-refractivity contribution in [2.45, 2.75) is 82.6 Å². The normalized spacial score (nSPS) is 26.8. The SMILES string of the molecule is CC1Cc2c([nH]c3ccccc23)[C@@H](c2cnc(N3CC4(CC(CN5CCN6c7ccc8c(c7OC[C@H]6C5)CN(C5CCC(=O)NC5=O)C8=O)C4)C3)nc2)N1CC(C)(F)F. The zero-order valence-electron chi connectivity index (χ0n) is 33.4. The number of H-pyrrole nitrogens is 1. The van der Waals surface area contributed by atoms with Gasteiger partial charge in [0.1, 0.15) is 18.4 Å². The molecule has 2 unspecified atom stereocenters. The molecule has 11 rings (SSSR count). The molecule has 2 aromatic heterocycles. The van der Waals surface area contributed by atoms with Crippen LogP contribution in [0.3, 0.4) is 0 Å². The third kappa shape index (κ3) is 6.17. The van der Waals surface area contributed by atoms with Gasteiger partial charge in [0.2, 0.25) is 17.8 Å². The number of piperidine rings is 1. The second-order valence-corrected chi connectivity index (χ2v) is 18.5. The van der Waals surface area contributed by atoms with Gasteiger partial charge in [-0.2, -0.15) is 0 Å². The molecule has 7 aliphatic rings. The Labute approximate surface area is 341 Å².